The maximum atomic E-state index is 2.38. The Morgan fingerprint density at radius 3 is 1.71 bits per heavy atom. The molecule has 7 aromatic carbocycles. The van der Waals surface area contributed by atoms with Crippen LogP contribution in [0.5, 0.6) is 0 Å². The Labute approximate surface area is 250 Å². The Bertz CT molecular complexity index is 2110. The summed E-state index contributed by atoms with van der Waals surface area (Å²) in [6.07, 6.45) is 0. The SMILES string of the molecule is c1ccc(C2(c3ccc(-c4cc5c6c(cccc6c4)-c4ccccc4S5)cc3)c3ccccc3-c3ccccc32)cc1. The van der Waals surface area contributed by atoms with Gasteiger partial charge in [-0.3, -0.25) is 0 Å². The molecular formula is C41H26S. The predicted molar refractivity (Wildman–Crippen MR) is 176 cm³/mol. The lowest BCUT2D eigenvalue weighted by Crippen LogP contribution is -2.28. The van der Waals surface area contributed by atoms with E-state index in [1.807, 2.05) is 11.8 Å². The van der Waals surface area contributed by atoms with E-state index in [-0.39, 0.29) is 5.41 Å². The Morgan fingerprint density at radius 1 is 0.381 bits per heavy atom. The molecule has 1 heteroatoms. The van der Waals surface area contributed by atoms with Gasteiger partial charge in [0.1, 0.15) is 0 Å². The summed E-state index contributed by atoms with van der Waals surface area (Å²) in [5.41, 5.74) is 12.7. The van der Waals surface area contributed by atoms with Gasteiger partial charge in [-0.05, 0) is 79.2 Å². The monoisotopic (exact) mass is 550 g/mol. The summed E-state index contributed by atoms with van der Waals surface area (Å²) < 4.78 is 0. The molecule has 0 saturated heterocycles. The van der Waals surface area contributed by atoms with E-state index in [1.165, 1.54) is 76.2 Å². The second kappa shape index (κ2) is 9.08. The summed E-state index contributed by atoms with van der Waals surface area (Å²) >= 11 is 1.89. The molecule has 1 aliphatic heterocycles. The third kappa shape index (κ3) is 3.26. The smallest absolute Gasteiger partial charge is 0.0713 e. The van der Waals surface area contributed by atoms with E-state index in [4.69, 9.17) is 0 Å². The van der Waals surface area contributed by atoms with Gasteiger partial charge in [-0.2, -0.15) is 0 Å². The molecule has 0 saturated carbocycles. The number of rotatable bonds is 3. The molecule has 1 aliphatic carbocycles. The zero-order valence-electron chi connectivity index (χ0n) is 22.9. The van der Waals surface area contributed by atoms with Gasteiger partial charge in [0.25, 0.3) is 0 Å². The molecule has 9 rings (SSSR count). The van der Waals surface area contributed by atoms with Gasteiger partial charge in [-0.1, -0.05) is 151 Å². The molecule has 196 valence electrons. The first kappa shape index (κ1) is 23.8. The average molecular weight is 551 g/mol. The second-order valence-electron chi connectivity index (χ2n) is 11.3. The van der Waals surface area contributed by atoms with Crippen LogP contribution >= 0.6 is 11.8 Å². The van der Waals surface area contributed by atoms with Crippen LogP contribution in [-0.2, 0) is 5.41 Å². The largest absolute Gasteiger partial charge is 0.0888 e. The van der Waals surface area contributed by atoms with E-state index in [9.17, 15) is 0 Å². The predicted octanol–water partition coefficient (Wildman–Crippen LogP) is 11.0. The lowest BCUT2D eigenvalue weighted by Gasteiger charge is -2.34. The summed E-state index contributed by atoms with van der Waals surface area (Å²) in [6.45, 7) is 0. The fraction of sp³-hybridized carbons (Fsp3) is 0.0244. The molecule has 1 heterocycles. The van der Waals surface area contributed by atoms with Gasteiger partial charge in [0, 0.05) is 15.2 Å². The Kier molecular flexibility index (Phi) is 5.15. The average Bonchev–Trinajstić information content (AvgIpc) is 3.36. The van der Waals surface area contributed by atoms with E-state index >= 15 is 0 Å². The van der Waals surface area contributed by atoms with Crippen LogP contribution in [0.2, 0.25) is 0 Å². The first-order chi connectivity index (χ1) is 20.8. The first-order valence-electron chi connectivity index (χ1n) is 14.5. The van der Waals surface area contributed by atoms with Gasteiger partial charge in [-0.15, -0.1) is 0 Å². The molecule has 2 aliphatic rings. The van der Waals surface area contributed by atoms with Crippen LogP contribution in [-0.4, -0.2) is 0 Å². The Balaban J connectivity index is 1.23. The second-order valence-corrected chi connectivity index (χ2v) is 12.3. The van der Waals surface area contributed by atoms with Gasteiger partial charge in [0.05, 0.1) is 5.41 Å². The minimum absolute atomic E-state index is 0.364. The van der Waals surface area contributed by atoms with Crippen molar-refractivity contribution >= 4 is 22.5 Å². The Morgan fingerprint density at radius 2 is 0.976 bits per heavy atom. The van der Waals surface area contributed by atoms with E-state index in [0.717, 1.165) is 0 Å². The maximum absolute atomic E-state index is 2.38. The van der Waals surface area contributed by atoms with Crippen molar-refractivity contribution < 1.29 is 0 Å². The summed E-state index contributed by atoms with van der Waals surface area (Å²) in [5.74, 6) is 0. The topological polar surface area (TPSA) is 0 Å². The van der Waals surface area contributed by atoms with E-state index in [1.54, 1.807) is 0 Å². The summed E-state index contributed by atoms with van der Waals surface area (Å²) in [5, 5.41) is 2.66. The molecule has 7 aromatic rings. The van der Waals surface area contributed by atoms with Crippen LogP contribution in [0.1, 0.15) is 22.3 Å². The molecule has 0 atom stereocenters. The van der Waals surface area contributed by atoms with Crippen LogP contribution in [0.4, 0.5) is 0 Å². The summed E-state index contributed by atoms with van der Waals surface area (Å²) in [6, 6.07) is 58.5. The highest BCUT2D eigenvalue weighted by molar-refractivity contribution is 7.99. The normalized spacial score (nSPS) is 13.8. The lowest BCUT2D eigenvalue weighted by atomic mass is 9.67. The molecule has 0 aromatic heterocycles. The fourth-order valence-electron chi connectivity index (χ4n) is 7.38. The van der Waals surface area contributed by atoms with Crippen molar-refractivity contribution in [2.24, 2.45) is 0 Å². The minimum atomic E-state index is -0.364. The maximum Gasteiger partial charge on any atom is 0.0713 e. The molecule has 42 heavy (non-hydrogen) atoms. The van der Waals surface area contributed by atoms with Crippen LogP contribution < -0.4 is 0 Å². The van der Waals surface area contributed by atoms with Crippen molar-refractivity contribution in [3.63, 3.8) is 0 Å². The van der Waals surface area contributed by atoms with Crippen molar-refractivity contribution in [1.82, 2.24) is 0 Å². The number of hydrogen-bond acceptors (Lipinski definition) is 1. The van der Waals surface area contributed by atoms with Gasteiger partial charge in [0.2, 0.25) is 0 Å². The molecule has 0 radical (unpaired) electrons. The molecular weight excluding hydrogens is 525 g/mol. The zero-order chi connectivity index (χ0) is 27.7. The van der Waals surface area contributed by atoms with E-state index in [2.05, 4.69) is 158 Å². The standard InChI is InChI=1S/C41H26S/c1-2-12-30(13-3-1)41(36-18-7-4-14-32(36)33-15-5-8-19-37(33)41)31-23-21-27(22-24-31)29-25-28-11-10-17-35-34-16-6-9-20-38(34)42-39(26-29)40(28)35/h1-26H. The minimum Gasteiger partial charge on any atom is -0.0888 e. The number of hydrogen-bond donors (Lipinski definition) is 0. The summed E-state index contributed by atoms with van der Waals surface area (Å²) in [4.78, 5) is 2.66. The molecule has 0 spiro atoms. The number of benzene rings is 7. The van der Waals surface area contributed by atoms with Crippen molar-refractivity contribution in [2.45, 2.75) is 15.2 Å². The van der Waals surface area contributed by atoms with Crippen molar-refractivity contribution in [3.05, 3.63) is 180 Å². The summed E-state index contributed by atoms with van der Waals surface area (Å²) in [7, 11) is 0. The van der Waals surface area contributed by atoms with E-state index in [0.29, 0.717) is 0 Å². The van der Waals surface area contributed by atoms with Gasteiger partial charge >= 0.3 is 0 Å². The molecule has 0 bridgehead atoms. The van der Waals surface area contributed by atoms with Crippen LogP contribution in [0.25, 0.3) is 44.2 Å². The molecule has 0 unspecified atom stereocenters. The van der Waals surface area contributed by atoms with Gasteiger partial charge in [-0.25, -0.2) is 0 Å². The van der Waals surface area contributed by atoms with Crippen molar-refractivity contribution in [3.8, 4) is 33.4 Å². The first-order valence-corrected chi connectivity index (χ1v) is 15.3. The number of fused-ring (bicyclic) bond motifs is 5. The molecule has 0 nitrogen and oxygen atoms in total. The zero-order valence-corrected chi connectivity index (χ0v) is 23.7. The highest BCUT2D eigenvalue weighted by atomic mass is 32.2. The van der Waals surface area contributed by atoms with Crippen LogP contribution in [0.3, 0.4) is 0 Å². The third-order valence-electron chi connectivity index (χ3n) is 9.15. The van der Waals surface area contributed by atoms with Crippen molar-refractivity contribution in [2.75, 3.05) is 0 Å². The highest BCUT2D eigenvalue weighted by Crippen LogP contribution is 2.56. The molecule has 0 fully saturated rings. The Hall–Kier alpha value is -4.85. The highest BCUT2D eigenvalue weighted by Gasteiger charge is 2.45. The molecule has 0 N–H and O–H groups in total. The molecule has 0 amide bonds. The van der Waals surface area contributed by atoms with E-state index < -0.39 is 0 Å². The van der Waals surface area contributed by atoms with Crippen molar-refractivity contribution in [1.29, 1.82) is 0 Å². The fourth-order valence-corrected chi connectivity index (χ4v) is 8.57. The third-order valence-corrected chi connectivity index (χ3v) is 10.3. The van der Waals surface area contributed by atoms with Crippen LogP contribution in [0.15, 0.2) is 168 Å². The van der Waals surface area contributed by atoms with Gasteiger partial charge < -0.3 is 0 Å². The van der Waals surface area contributed by atoms with Crippen LogP contribution in [0, 0.1) is 0 Å². The van der Waals surface area contributed by atoms with Gasteiger partial charge in [0.15, 0.2) is 0 Å². The lowest BCUT2D eigenvalue weighted by molar-refractivity contribution is 0.768. The quantitative estimate of drug-likeness (QED) is 0.211.